The predicted molar refractivity (Wildman–Crippen MR) is 101 cm³/mol. The molecule has 1 aromatic carbocycles. The summed E-state index contributed by atoms with van der Waals surface area (Å²) < 4.78 is 33.3. The van der Waals surface area contributed by atoms with Gasteiger partial charge in [0.2, 0.25) is 5.95 Å². The normalized spacial score (nSPS) is 15.6. The molecule has 0 bridgehead atoms. The van der Waals surface area contributed by atoms with E-state index in [9.17, 15) is 8.78 Å². The second kappa shape index (κ2) is 7.50. The first-order valence-corrected chi connectivity index (χ1v) is 9.17. The minimum Gasteiger partial charge on any atom is -0.490 e. The van der Waals surface area contributed by atoms with Gasteiger partial charge in [0, 0.05) is 49.4 Å². The van der Waals surface area contributed by atoms with E-state index >= 15 is 0 Å². The van der Waals surface area contributed by atoms with Gasteiger partial charge in [0.25, 0.3) is 6.43 Å². The number of nitrogens with zero attached hydrogens (tertiary/aromatic N) is 4. The highest BCUT2D eigenvalue weighted by Gasteiger charge is 2.23. The molecule has 1 aliphatic heterocycles. The van der Waals surface area contributed by atoms with E-state index in [-0.39, 0.29) is 12.6 Å². The highest BCUT2D eigenvalue weighted by atomic mass is 19.3. The maximum Gasteiger partial charge on any atom is 0.256 e. The molecule has 2 aromatic heterocycles. The van der Waals surface area contributed by atoms with Gasteiger partial charge in [0.15, 0.2) is 0 Å². The molecule has 27 heavy (non-hydrogen) atoms. The first-order chi connectivity index (χ1) is 13.1. The summed E-state index contributed by atoms with van der Waals surface area (Å²) in [5, 5.41) is 0.877. The van der Waals surface area contributed by atoms with Crippen LogP contribution in [0.5, 0.6) is 5.75 Å². The molecule has 0 spiro atoms. The number of piperidine rings is 1. The second-order valence-electron chi connectivity index (χ2n) is 6.85. The molecule has 0 amide bonds. The third kappa shape index (κ3) is 3.86. The van der Waals surface area contributed by atoms with Crippen LogP contribution in [0.2, 0.25) is 0 Å². The van der Waals surface area contributed by atoms with E-state index < -0.39 is 6.43 Å². The van der Waals surface area contributed by atoms with Crippen molar-refractivity contribution in [1.29, 1.82) is 0 Å². The molecule has 1 fully saturated rings. The molecule has 1 saturated heterocycles. The number of rotatable bonds is 5. The molecule has 5 nitrogen and oxygen atoms in total. The van der Waals surface area contributed by atoms with E-state index in [1.54, 1.807) is 17.0 Å². The van der Waals surface area contributed by atoms with Gasteiger partial charge >= 0.3 is 0 Å². The Kier molecular flexibility index (Phi) is 4.92. The fraction of sp³-hybridized carbons (Fsp3) is 0.400. The van der Waals surface area contributed by atoms with Crippen LogP contribution >= 0.6 is 0 Å². The van der Waals surface area contributed by atoms with Gasteiger partial charge in [-0.3, -0.25) is 0 Å². The SMILES string of the molecule is Cc1ccnc(N2CCC(Oc3cccc4c3ccn4CC(F)F)CC2)n1. The van der Waals surface area contributed by atoms with Gasteiger partial charge in [-0.2, -0.15) is 0 Å². The molecule has 0 aliphatic carbocycles. The quantitative estimate of drug-likeness (QED) is 0.678. The van der Waals surface area contributed by atoms with Crippen LogP contribution in [0.3, 0.4) is 0 Å². The van der Waals surface area contributed by atoms with Gasteiger partial charge in [0.1, 0.15) is 11.9 Å². The third-order valence-electron chi connectivity index (χ3n) is 4.91. The second-order valence-corrected chi connectivity index (χ2v) is 6.85. The lowest BCUT2D eigenvalue weighted by molar-refractivity contribution is 0.128. The number of halogens is 2. The smallest absolute Gasteiger partial charge is 0.256 e. The van der Waals surface area contributed by atoms with Gasteiger partial charge in [0.05, 0.1) is 12.1 Å². The Morgan fingerprint density at radius 1 is 1.19 bits per heavy atom. The van der Waals surface area contributed by atoms with Crippen molar-refractivity contribution in [3.8, 4) is 5.75 Å². The molecule has 0 unspecified atom stereocenters. The topological polar surface area (TPSA) is 43.2 Å². The summed E-state index contributed by atoms with van der Waals surface area (Å²) in [5.74, 6) is 1.52. The van der Waals surface area contributed by atoms with Gasteiger partial charge in [-0.15, -0.1) is 0 Å². The van der Waals surface area contributed by atoms with Crippen molar-refractivity contribution in [2.45, 2.75) is 38.8 Å². The number of hydrogen-bond acceptors (Lipinski definition) is 4. The first-order valence-electron chi connectivity index (χ1n) is 9.17. The average molecular weight is 372 g/mol. The number of hydrogen-bond donors (Lipinski definition) is 0. The van der Waals surface area contributed by atoms with Crippen molar-refractivity contribution in [3.63, 3.8) is 0 Å². The standard InChI is InChI=1S/C20H22F2N4O/c1-14-5-9-23-20(24-14)25-10-6-15(7-11-25)27-18-4-2-3-17-16(18)8-12-26(17)13-19(21)22/h2-5,8-9,12,15,19H,6-7,10-11,13H2,1H3. The Balaban J connectivity index is 1.44. The van der Waals surface area contributed by atoms with Crippen molar-refractivity contribution in [2.24, 2.45) is 0 Å². The van der Waals surface area contributed by atoms with E-state index in [1.165, 1.54) is 0 Å². The van der Waals surface area contributed by atoms with E-state index in [0.29, 0.717) is 0 Å². The summed E-state index contributed by atoms with van der Waals surface area (Å²) in [4.78, 5) is 11.0. The molecular formula is C20H22F2N4O. The molecule has 0 radical (unpaired) electrons. The number of alkyl halides is 2. The summed E-state index contributed by atoms with van der Waals surface area (Å²) in [6.07, 6.45) is 2.93. The van der Waals surface area contributed by atoms with Crippen LogP contribution in [0.1, 0.15) is 18.5 Å². The zero-order valence-corrected chi connectivity index (χ0v) is 15.2. The highest BCUT2D eigenvalue weighted by molar-refractivity contribution is 5.86. The predicted octanol–water partition coefficient (Wildman–Crippen LogP) is 4.05. The van der Waals surface area contributed by atoms with Gasteiger partial charge in [-0.1, -0.05) is 6.07 Å². The van der Waals surface area contributed by atoms with Crippen LogP contribution in [-0.4, -0.2) is 40.2 Å². The Labute approximate surface area is 156 Å². The van der Waals surface area contributed by atoms with Crippen molar-refractivity contribution in [3.05, 3.63) is 48.4 Å². The van der Waals surface area contributed by atoms with E-state index in [2.05, 4.69) is 14.9 Å². The lowest BCUT2D eigenvalue weighted by Gasteiger charge is -2.32. The molecule has 0 atom stereocenters. The number of fused-ring (bicyclic) bond motifs is 1. The molecule has 0 N–H and O–H groups in total. The molecular weight excluding hydrogens is 350 g/mol. The fourth-order valence-corrected chi connectivity index (χ4v) is 3.55. The molecule has 3 aromatic rings. The van der Waals surface area contributed by atoms with Crippen molar-refractivity contribution < 1.29 is 13.5 Å². The Morgan fingerprint density at radius 2 is 2.00 bits per heavy atom. The fourth-order valence-electron chi connectivity index (χ4n) is 3.55. The summed E-state index contributed by atoms with van der Waals surface area (Å²) in [6.45, 7) is 3.32. The highest BCUT2D eigenvalue weighted by Crippen LogP contribution is 2.30. The molecule has 0 saturated carbocycles. The van der Waals surface area contributed by atoms with Crippen LogP contribution in [0.15, 0.2) is 42.7 Å². The molecule has 1 aliphatic rings. The first kappa shape index (κ1) is 17.7. The van der Waals surface area contributed by atoms with Crippen molar-refractivity contribution in [1.82, 2.24) is 14.5 Å². The minimum absolute atomic E-state index is 0.0927. The number of ether oxygens (including phenoxy) is 1. The van der Waals surface area contributed by atoms with Crippen LogP contribution < -0.4 is 9.64 Å². The number of benzene rings is 1. The number of anilines is 1. The zero-order chi connectivity index (χ0) is 18.8. The van der Waals surface area contributed by atoms with Crippen LogP contribution in [-0.2, 0) is 6.54 Å². The van der Waals surface area contributed by atoms with Gasteiger partial charge in [-0.05, 0) is 31.2 Å². The van der Waals surface area contributed by atoms with Crippen LogP contribution in [0.4, 0.5) is 14.7 Å². The summed E-state index contributed by atoms with van der Waals surface area (Å²) >= 11 is 0. The maximum absolute atomic E-state index is 12.7. The summed E-state index contributed by atoms with van der Waals surface area (Å²) in [5.41, 5.74) is 1.73. The van der Waals surface area contributed by atoms with Crippen LogP contribution in [0.25, 0.3) is 10.9 Å². The van der Waals surface area contributed by atoms with Crippen molar-refractivity contribution in [2.75, 3.05) is 18.0 Å². The zero-order valence-electron chi connectivity index (χ0n) is 15.2. The Morgan fingerprint density at radius 3 is 2.74 bits per heavy atom. The molecule has 4 rings (SSSR count). The van der Waals surface area contributed by atoms with Crippen molar-refractivity contribution >= 4 is 16.9 Å². The lowest BCUT2D eigenvalue weighted by atomic mass is 10.1. The Bertz CT molecular complexity index is 919. The number of aryl methyl sites for hydroxylation is 1. The van der Waals surface area contributed by atoms with Gasteiger partial charge in [-0.25, -0.2) is 18.7 Å². The lowest BCUT2D eigenvalue weighted by Crippen LogP contribution is -2.39. The van der Waals surface area contributed by atoms with E-state index in [0.717, 1.165) is 54.2 Å². The van der Waals surface area contributed by atoms with E-state index in [1.807, 2.05) is 37.3 Å². The largest absolute Gasteiger partial charge is 0.490 e. The number of aromatic nitrogens is 3. The molecule has 3 heterocycles. The average Bonchev–Trinajstić information content (AvgIpc) is 3.06. The van der Waals surface area contributed by atoms with E-state index in [4.69, 9.17) is 4.74 Å². The Hall–Kier alpha value is -2.70. The third-order valence-corrected chi connectivity index (χ3v) is 4.91. The summed E-state index contributed by atoms with van der Waals surface area (Å²) in [7, 11) is 0. The minimum atomic E-state index is -2.38. The molecule has 142 valence electrons. The summed E-state index contributed by atoms with van der Waals surface area (Å²) in [6, 6.07) is 9.35. The molecule has 7 heteroatoms. The van der Waals surface area contributed by atoms with Crippen LogP contribution in [0, 0.1) is 6.92 Å². The monoisotopic (exact) mass is 372 g/mol. The maximum atomic E-state index is 12.7. The van der Waals surface area contributed by atoms with Gasteiger partial charge < -0.3 is 14.2 Å².